The minimum absolute atomic E-state index is 0.549. The molecule has 128 valence electrons. The predicted molar refractivity (Wildman–Crippen MR) is 95.0 cm³/mol. The highest BCUT2D eigenvalue weighted by atomic mass is 16.5. The van der Waals surface area contributed by atoms with Crippen molar-refractivity contribution >= 4 is 0 Å². The van der Waals surface area contributed by atoms with Gasteiger partial charge in [0.1, 0.15) is 5.75 Å². The van der Waals surface area contributed by atoms with Crippen molar-refractivity contribution in [1.29, 1.82) is 0 Å². The molecule has 0 atom stereocenters. The van der Waals surface area contributed by atoms with Crippen molar-refractivity contribution in [1.82, 2.24) is 15.0 Å². The van der Waals surface area contributed by atoms with Gasteiger partial charge in [0, 0.05) is 18.2 Å². The summed E-state index contributed by atoms with van der Waals surface area (Å²) >= 11 is 0. The van der Waals surface area contributed by atoms with Gasteiger partial charge in [0.05, 0.1) is 13.7 Å². The topological polar surface area (TPSA) is 51.4 Å². The zero-order valence-electron chi connectivity index (χ0n) is 14.3. The molecule has 1 fully saturated rings. The normalized spacial score (nSPS) is 14.0. The monoisotopic (exact) mass is 335 g/mol. The van der Waals surface area contributed by atoms with E-state index in [2.05, 4.69) is 39.3 Å². The molecule has 5 heteroatoms. The molecule has 0 bridgehead atoms. The molecule has 0 unspecified atom stereocenters. The van der Waals surface area contributed by atoms with Gasteiger partial charge in [-0.15, -0.1) is 0 Å². The van der Waals surface area contributed by atoms with Gasteiger partial charge in [-0.25, -0.2) is 0 Å². The molecule has 1 aliphatic carbocycles. The van der Waals surface area contributed by atoms with Crippen LogP contribution in [-0.4, -0.2) is 28.2 Å². The summed E-state index contributed by atoms with van der Waals surface area (Å²) < 4.78 is 10.6. The molecule has 1 saturated carbocycles. The predicted octanol–water partition coefficient (Wildman–Crippen LogP) is 3.91. The van der Waals surface area contributed by atoms with Gasteiger partial charge in [-0.05, 0) is 42.7 Å². The van der Waals surface area contributed by atoms with Crippen molar-refractivity contribution < 1.29 is 9.26 Å². The Balaban J connectivity index is 1.46. The maximum atomic E-state index is 5.45. The number of methoxy groups -OCH3 is 1. The van der Waals surface area contributed by atoms with Crippen molar-refractivity contribution in [3.63, 3.8) is 0 Å². The Morgan fingerprint density at radius 3 is 2.48 bits per heavy atom. The van der Waals surface area contributed by atoms with E-state index in [4.69, 9.17) is 9.26 Å². The lowest BCUT2D eigenvalue weighted by Crippen LogP contribution is -2.25. The first-order valence-corrected chi connectivity index (χ1v) is 8.57. The minimum atomic E-state index is 0.549. The van der Waals surface area contributed by atoms with Gasteiger partial charge in [0.25, 0.3) is 5.89 Å². The molecule has 0 radical (unpaired) electrons. The molecule has 0 N–H and O–H groups in total. The SMILES string of the molecule is COc1ccc(-c2nc(CN(Cc3ccccc3)C3CC3)no2)cc1. The highest BCUT2D eigenvalue weighted by Gasteiger charge is 2.30. The van der Waals surface area contributed by atoms with Gasteiger partial charge >= 0.3 is 0 Å². The van der Waals surface area contributed by atoms with Gasteiger partial charge in [-0.2, -0.15) is 4.98 Å². The Bertz CT molecular complexity index is 810. The van der Waals surface area contributed by atoms with Crippen LogP contribution in [-0.2, 0) is 13.1 Å². The Hall–Kier alpha value is -2.66. The van der Waals surface area contributed by atoms with Gasteiger partial charge < -0.3 is 9.26 Å². The minimum Gasteiger partial charge on any atom is -0.497 e. The molecule has 25 heavy (non-hydrogen) atoms. The van der Waals surface area contributed by atoms with Crippen molar-refractivity contribution in [2.45, 2.75) is 32.0 Å². The van der Waals surface area contributed by atoms with E-state index in [1.807, 2.05) is 30.3 Å². The van der Waals surface area contributed by atoms with Crippen LogP contribution in [0.4, 0.5) is 0 Å². The highest BCUT2D eigenvalue weighted by molar-refractivity contribution is 5.54. The van der Waals surface area contributed by atoms with Crippen LogP contribution in [0.5, 0.6) is 5.75 Å². The summed E-state index contributed by atoms with van der Waals surface area (Å²) in [7, 11) is 1.65. The summed E-state index contributed by atoms with van der Waals surface area (Å²) in [4.78, 5) is 7.00. The van der Waals surface area contributed by atoms with Gasteiger partial charge in [0.2, 0.25) is 0 Å². The molecule has 0 saturated heterocycles. The molecule has 0 spiro atoms. The highest BCUT2D eigenvalue weighted by Crippen LogP contribution is 2.30. The third-order valence-corrected chi connectivity index (χ3v) is 4.44. The molecule has 2 aromatic carbocycles. The van der Waals surface area contributed by atoms with E-state index in [0.717, 1.165) is 23.7 Å². The molecule has 3 aromatic rings. The quantitative estimate of drug-likeness (QED) is 0.655. The molecule has 0 aliphatic heterocycles. The van der Waals surface area contributed by atoms with Crippen LogP contribution in [0, 0.1) is 0 Å². The van der Waals surface area contributed by atoms with Crippen LogP contribution in [0.1, 0.15) is 24.2 Å². The number of nitrogens with zero attached hydrogens (tertiary/aromatic N) is 3. The first-order valence-electron chi connectivity index (χ1n) is 8.57. The Morgan fingerprint density at radius 1 is 1.04 bits per heavy atom. The van der Waals surface area contributed by atoms with Crippen LogP contribution < -0.4 is 4.74 Å². The summed E-state index contributed by atoms with van der Waals surface area (Å²) in [6, 6.07) is 18.8. The molecular formula is C20H21N3O2. The second kappa shape index (κ2) is 7.07. The number of ether oxygens (including phenoxy) is 1. The van der Waals surface area contributed by atoms with E-state index in [1.165, 1.54) is 18.4 Å². The number of hydrogen-bond acceptors (Lipinski definition) is 5. The van der Waals surface area contributed by atoms with E-state index < -0.39 is 0 Å². The van der Waals surface area contributed by atoms with Crippen molar-refractivity contribution in [3.05, 3.63) is 66.0 Å². The van der Waals surface area contributed by atoms with Crippen molar-refractivity contribution in [2.24, 2.45) is 0 Å². The third kappa shape index (κ3) is 3.88. The number of hydrogen-bond donors (Lipinski definition) is 0. The first-order chi connectivity index (χ1) is 12.3. The molecule has 0 amide bonds. The summed E-state index contributed by atoms with van der Waals surface area (Å²) in [5.74, 6) is 2.09. The average Bonchev–Trinajstić information content (AvgIpc) is 3.41. The van der Waals surface area contributed by atoms with Crippen LogP contribution in [0.2, 0.25) is 0 Å². The van der Waals surface area contributed by atoms with Crippen molar-refractivity contribution in [3.8, 4) is 17.2 Å². The fourth-order valence-corrected chi connectivity index (χ4v) is 2.92. The van der Waals surface area contributed by atoms with Gasteiger partial charge in [-0.3, -0.25) is 4.90 Å². The number of aromatic nitrogens is 2. The molecule has 5 nitrogen and oxygen atoms in total. The maximum absolute atomic E-state index is 5.45. The van der Waals surface area contributed by atoms with E-state index in [-0.39, 0.29) is 0 Å². The van der Waals surface area contributed by atoms with Crippen LogP contribution in [0.3, 0.4) is 0 Å². The fourth-order valence-electron chi connectivity index (χ4n) is 2.92. The Labute approximate surface area is 147 Å². The third-order valence-electron chi connectivity index (χ3n) is 4.44. The summed E-state index contributed by atoms with van der Waals surface area (Å²) in [6.07, 6.45) is 2.49. The second-order valence-electron chi connectivity index (χ2n) is 6.37. The second-order valence-corrected chi connectivity index (χ2v) is 6.37. The zero-order valence-corrected chi connectivity index (χ0v) is 14.3. The molecule has 1 aliphatic rings. The lowest BCUT2D eigenvalue weighted by Gasteiger charge is -2.20. The molecular weight excluding hydrogens is 314 g/mol. The first kappa shape index (κ1) is 15.8. The summed E-state index contributed by atoms with van der Waals surface area (Å²) in [6.45, 7) is 1.62. The average molecular weight is 335 g/mol. The standard InChI is InChI=1S/C20H21N3O2/c1-24-18-11-7-16(8-12-18)20-21-19(22-25-20)14-23(17-9-10-17)13-15-5-3-2-4-6-15/h2-8,11-12,17H,9-10,13-14H2,1H3. The molecule has 4 rings (SSSR count). The largest absolute Gasteiger partial charge is 0.497 e. The molecule has 1 heterocycles. The van der Waals surface area contributed by atoms with E-state index in [9.17, 15) is 0 Å². The van der Waals surface area contributed by atoms with Gasteiger partial charge in [-0.1, -0.05) is 35.5 Å². The van der Waals surface area contributed by atoms with Gasteiger partial charge in [0.15, 0.2) is 5.82 Å². The lowest BCUT2D eigenvalue weighted by molar-refractivity contribution is 0.235. The maximum Gasteiger partial charge on any atom is 0.257 e. The lowest BCUT2D eigenvalue weighted by atomic mass is 10.2. The van der Waals surface area contributed by atoms with E-state index >= 15 is 0 Å². The van der Waals surface area contributed by atoms with Crippen LogP contribution in [0.25, 0.3) is 11.5 Å². The smallest absolute Gasteiger partial charge is 0.257 e. The molecule has 1 aromatic heterocycles. The Kier molecular flexibility index (Phi) is 4.48. The fraction of sp³-hybridized carbons (Fsp3) is 0.300. The summed E-state index contributed by atoms with van der Waals surface area (Å²) in [5.41, 5.74) is 2.22. The zero-order chi connectivity index (χ0) is 17.1. The van der Waals surface area contributed by atoms with E-state index in [1.54, 1.807) is 7.11 Å². The van der Waals surface area contributed by atoms with Crippen LogP contribution in [0.15, 0.2) is 59.1 Å². The number of benzene rings is 2. The number of rotatable bonds is 7. The van der Waals surface area contributed by atoms with Crippen LogP contribution >= 0.6 is 0 Å². The Morgan fingerprint density at radius 2 is 1.80 bits per heavy atom. The summed E-state index contributed by atoms with van der Waals surface area (Å²) in [5, 5.41) is 4.17. The van der Waals surface area contributed by atoms with Crippen molar-refractivity contribution in [2.75, 3.05) is 7.11 Å². The van der Waals surface area contributed by atoms with E-state index in [0.29, 0.717) is 18.5 Å².